The molecule has 1 heterocycles. The van der Waals surface area contributed by atoms with Crippen LogP contribution >= 0.6 is 0 Å². The quantitative estimate of drug-likeness (QED) is 0.329. The zero-order valence-corrected chi connectivity index (χ0v) is 19.4. The van der Waals surface area contributed by atoms with Crippen molar-refractivity contribution in [2.24, 2.45) is 0 Å². The summed E-state index contributed by atoms with van der Waals surface area (Å²) >= 11 is 0. The summed E-state index contributed by atoms with van der Waals surface area (Å²) in [5.74, 6) is 1.97. The number of carbonyl (C=O) groups excluding carboxylic acids is 1. The number of imidazole rings is 1. The molecule has 5 heteroatoms. The number of carbonyl (C=O) groups is 1. The molecule has 170 valence electrons. The van der Waals surface area contributed by atoms with E-state index in [1.165, 1.54) is 5.56 Å². The third-order valence-electron chi connectivity index (χ3n) is 5.88. The van der Waals surface area contributed by atoms with Crippen LogP contribution in [0.1, 0.15) is 46.6 Å². The van der Waals surface area contributed by atoms with E-state index in [1.807, 2.05) is 49.4 Å². The van der Waals surface area contributed by atoms with Crippen molar-refractivity contribution in [3.8, 4) is 5.75 Å². The normalized spacial score (nSPS) is 11.0. The Hall–Kier alpha value is -3.60. The zero-order chi connectivity index (χ0) is 23.0. The molecule has 4 aromatic rings. The van der Waals surface area contributed by atoms with Gasteiger partial charge in [0.2, 0.25) is 0 Å². The number of aromatic nitrogens is 2. The van der Waals surface area contributed by atoms with Crippen molar-refractivity contribution in [1.82, 2.24) is 14.9 Å². The summed E-state index contributed by atoms with van der Waals surface area (Å²) in [4.78, 5) is 17.2. The maximum absolute atomic E-state index is 12.3. The van der Waals surface area contributed by atoms with Gasteiger partial charge in [-0.15, -0.1) is 0 Å². The van der Waals surface area contributed by atoms with Crippen LogP contribution in [0.3, 0.4) is 0 Å². The second-order valence-corrected chi connectivity index (χ2v) is 8.39. The fraction of sp³-hybridized carbons (Fsp3) is 0.286. The number of ether oxygens (including phenoxy) is 1. The number of benzene rings is 3. The van der Waals surface area contributed by atoms with Crippen molar-refractivity contribution in [2.75, 3.05) is 13.7 Å². The van der Waals surface area contributed by atoms with Crippen molar-refractivity contribution in [2.45, 2.75) is 39.2 Å². The lowest BCUT2D eigenvalue weighted by atomic mass is 10.1. The van der Waals surface area contributed by atoms with Gasteiger partial charge >= 0.3 is 0 Å². The second-order valence-electron chi connectivity index (χ2n) is 8.39. The molecule has 0 saturated heterocycles. The van der Waals surface area contributed by atoms with Gasteiger partial charge in [-0.05, 0) is 61.7 Å². The van der Waals surface area contributed by atoms with Crippen LogP contribution in [0.4, 0.5) is 0 Å². The van der Waals surface area contributed by atoms with E-state index >= 15 is 0 Å². The number of methoxy groups -OCH3 is 1. The van der Waals surface area contributed by atoms with Crippen LogP contribution in [0.15, 0.2) is 72.8 Å². The summed E-state index contributed by atoms with van der Waals surface area (Å²) in [5.41, 5.74) is 5.24. The Morgan fingerprint density at radius 1 is 0.970 bits per heavy atom. The molecule has 1 aromatic heterocycles. The number of amides is 1. The number of aryl methyl sites for hydroxylation is 2. The molecule has 33 heavy (non-hydrogen) atoms. The van der Waals surface area contributed by atoms with Crippen LogP contribution in [-0.2, 0) is 13.0 Å². The van der Waals surface area contributed by atoms with Gasteiger partial charge in [0.25, 0.3) is 5.91 Å². The third-order valence-corrected chi connectivity index (χ3v) is 5.88. The van der Waals surface area contributed by atoms with Gasteiger partial charge in [-0.2, -0.15) is 0 Å². The maximum Gasteiger partial charge on any atom is 0.251 e. The fourth-order valence-electron chi connectivity index (χ4n) is 4.08. The molecule has 3 aromatic carbocycles. The lowest BCUT2D eigenvalue weighted by Gasteiger charge is -2.10. The van der Waals surface area contributed by atoms with Crippen molar-refractivity contribution < 1.29 is 9.53 Å². The second kappa shape index (κ2) is 10.8. The Bertz CT molecular complexity index is 1210. The summed E-state index contributed by atoms with van der Waals surface area (Å²) in [7, 11) is 1.69. The monoisotopic (exact) mass is 441 g/mol. The molecular weight excluding hydrogens is 410 g/mol. The molecule has 0 unspecified atom stereocenters. The van der Waals surface area contributed by atoms with E-state index in [-0.39, 0.29) is 5.91 Å². The molecule has 5 nitrogen and oxygen atoms in total. The standard InChI is InChI=1S/C28H31N3O2/c1-21-9-8-10-23(19-21)28(32)29-18-7-3-4-13-27-30-25-11-5-6-12-26(25)31(27)20-22-14-16-24(33-2)17-15-22/h5-6,8-12,14-17,19H,3-4,7,13,18,20H2,1-2H3,(H,29,32). The Balaban J connectivity index is 1.32. The summed E-state index contributed by atoms with van der Waals surface area (Å²) < 4.78 is 7.60. The predicted octanol–water partition coefficient (Wildman–Crippen LogP) is 5.54. The van der Waals surface area contributed by atoms with Crippen LogP contribution in [0.2, 0.25) is 0 Å². The van der Waals surface area contributed by atoms with Crippen LogP contribution in [-0.4, -0.2) is 29.1 Å². The Kier molecular flexibility index (Phi) is 7.40. The third kappa shape index (κ3) is 5.80. The van der Waals surface area contributed by atoms with Gasteiger partial charge in [-0.1, -0.05) is 48.4 Å². The van der Waals surface area contributed by atoms with Crippen LogP contribution < -0.4 is 10.1 Å². The first kappa shape index (κ1) is 22.6. The first-order valence-corrected chi connectivity index (χ1v) is 11.6. The Labute approximate surface area is 195 Å². The van der Waals surface area contributed by atoms with Gasteiger partial charge in [-0.25, -0.2) is 4.98 Å². The topological polar surface area (TPSA) is 56.1 Å². The molecule has 0 aliphatic carbocycles. The van der Waals surface area contributed by atoms with E-state index in [1.54, 1.807) is 7.11 Å². The van der Waals surface area contributed by atoms with Gasteiger partial charge in [-0.3, -0.25) is 4.79 Å². The van der Waals surface area contributed by atoms with Crippen LogP contribution in [0, 0.1) is 6.92 Å². The minimum Gasteiger partial charge on any atom is -0.497 e. The minimum absolute atomic E-state index is 0.0000146. The summed E-state index contributed by atoms with van der Waals surface area (Å²) in [6.45, 7) is 3.47. The number of nitrogens with one attached hydrogen (secondary N) is 1. The van der Waals surface area contributed by atoms with Crippen molar-refractivity contribution in [3.05, 3.63) is 95.3 Å². The van der Waals surface area contributed by atoms with E-state index < -0.39 is 0 Å². The maximum atomic E-state index is 12.3. The summed E-state index contributed by atoms with van der Waals surface area (Å²) in [6.07, 6.45) is 3.94. The zero-order valence-electron chi connectivity index (χ0n) is 19.4. The highest BCUT2D eigenvalue weighted by Gasteiger charge is 2.11. The Morgan fingerprint density at radius 3 is 2.58 bits per heavy atom. The largest absolute Gasteiger partial charge is 0.497 e. The highest BCUT2D eigenvalue weighted by molar-refractivity contribution is 5.94. The van der Waals surface area contributed by atoms with Gasteiger partial charge in [0, 0.05) is 25.1 Å². The molecule has 0 saturated carbocycles. The molecule has 1 amide bonds. The summed E-state index contributed by atoms with van der Waals surface area (Å²) in [6, 6.07) is 24.2. The number of rotatable bonds is 10. The smallest absolute Gasteiger partial charge is 0.251 e. The highest BCUT2D eigenvalue weighted by Crippen LogP contribution is 2.21. The molecule has 0 aliphatic rings. The average Bonchev–Trinajstić information content (AvgIpc) is 3.18. The lowest BCUT2D eigenvalue weighted by molar-refractivity contribution is 0.0953. The van der Waals surface area contributed by atoms with Crippen LogP contribution in [0.25, 0.3) is 11.0 Å². The molecular formula is C28H31N3O2. The minimum atomic E-state index is -0.0000146. The van der Waals surface area contributed by atoms with E-state index in [9.17, 15) is 4.79 Å². The molecule has 0 aliphatic heterocycles. The number of hydrogen-bond donors (Lipinski definition) is 1. The van der Waals surface area contributed by atoms with Crippen molar-refractivity contribution in [1.29, 1.82) is 0 Å². The van der Waals surface area contributed by atoms with Crippen LogP contribution in [0.5, 0.6) is 5.75 Å². The Morgan fingerprint density at radius 2 is 1.79 bits per heavy atom. The summed E-state index contributed by atoms with van der Waals surface area (Å²) in [5, 5.41) is 3.03. The lowest BCUT2D eigenvalue weighted by Crippen LogP contribution is -2.24. The predicted molar refractivity (Wildman–Crippen MR) is 133 cm³/mol. The molecule has 1 N–H and O–H groups in total. The molecule has 0 spiro atoms. The number of unbranched alkanes of at least 4 members (excludes halogenated alkanes) is 2. The molecule has 0 radical (unpaired) electrons. The SMILES string of the molecule is COc1ccc(Cn2c(CCCCCNC(=O)c3cccc(C)c3)nc3ccccc32)cc1. The number of nitrogens with zero attached hydrogens (tertiary/aromatic N) is 2. The van der Waals surface area contributed by atoms with Crippen molar-refractivity contribution >= 4 is 16.9 Å². The highest BCUT2D eigenvalue weighted by atomic mass is 16.5. The van der Waals surface area contributed by atoms with Gasteiger partial charge in [0.15, 0.2) is 0 Å². The fourth-order valence-corrected chi connectivity index (χ4v) is 4.08. The van der Waals surface area contributed by atoms with Crippen molar-refractivity contribution in [3.63, 3.8) is 0 Å². The van der Waals surface area contributed by atoms with Gasteiger partial charge in [0.05, 0.1) is 18.1 Å². The molecule has 0 atom stereocenters. The first-order chi connectivity index (χ1) is 16.1. The van der Waals surface area contributed by atoms with E-state index in [0.29, 0.717) is 6.54 Å². The molecule has 4 rings (SSSR count). The van der Waals surface area contributed by atoms with E-state index in [2.05, 4.69) is 40.2 Å². The van der Waals surface area contributed by atoms with Gasteiger partial charge in [0.1, 0.15) is 11.6 Å². The number of para-hydroxylation sites is 2. The van der Waals surface area contributed by atoms with E-state index in [0.717, 1.165) is 66.0 Å². The van der Waals surface area contributed by atoms with E-state index in [4.69, 9.17) is 9.72 Å². The number of fused-ring (bicyclic) bond motifs is 1. The van der Waals surface area contributed by atoms with Gasteiger partial charge < -0.3 is 14.6 Å². The molecule has 0 fully saturated rings. The first-order valence-electron chi connectivity index (χ1n) is 11.6. The molecule has 0 bridgehead atoms. The number of hydrogen-bond acceptors (Lipinski definition) is 3. The average molecular weight is 442 g/mol.